The van der Waals surface area contributed by atoms with Gasteiger partial charge in [0.15, 0.2) is 12.4 Å². The van der Waals surface area contributed by atoms with E-state index in [4.69, 9.17) is 14.1 Å². The lowest BCUT2D eigenvalue weighted by Gasteiger charge is -2.09. The van der Waals surface area contributed by atoms with Gasteiger partial charge in [-0.25, -0.2) is 4.98 Å². The lowest BCUT2D eigenvalue weighted by atomic mass is 9.99. The highest BCUT2D eigenvalue weighted by molar-refractivity contribution is 5.84. The summed E-state index contributed by atoms with van der Waals surface area (Å²) in [4.78, 5) is 4.98. The summed E-state index contributed by atoms with van der Waals surface area (Å²) in [6.45, 7) is 0.224. The fraction of sp³-hybridized carbons (Fsp3) is 0.0345. The molecule has 4 aromatic carbocycles. The van der Waals surface area contributed by atoms with Crippen molar-refractivity contribution in [2.75, 3.05) is 0 Å². The largest absolute Gasteiger partial charge is 0.485 e. The minimum absolute atomic E-state index is 0.224. The number of H-pyrrole nitrogens is 1. The van der Waals surface area contributed by atoms with E-state index < -0.39 is 0 Å². The molecule has 7 heteroatoms. The molecule has 0 saturated heterocycles. The molecule has 36 heavy (non-hydrogen) atoms. The van der Waals surface area contributed by atoms with E-state index in [2.05, 4.69) is 26.7 Å². The third-order valence-electron chi connectivity index (χ3n) is 5.77. The average Bonchev–Trinajstić information content (AvgIpc) is 3.64. The molecule has 0 aliphatic carbocycles. The summed E-state index contributed by atoms with van der Waals surface area (Å²) in [7, 11) is 0. The smallest absolute Gasteiger partial charge is 0.227 e. The van der Waals surface area contributed by atoms with Crippen LogP contribution >= 0.6 is 0 Å². The number of hydrogen-bond acceptors (Lipinski definition) is 6. The number of nitrogens with zero attached hydrogens (tertiary/aromatic N) is 4. The molecule has 2 heterocycles. The maximum atomic E-state index is 6.46. The summed E-state index contributed by atoms with van der Waals surface area (Å²) in [5, 5.41) is 13.9. The van der Waals surface area contributed by atoms with Gasteiger partial charge in [-0.3, -0.25) is 0 Å². The number of nitrogens with one attached hydrogen (secondary N) is 1. The predicted octanol–water partition coefficient (Wildman–Crippen LogP) is 6.43. The summed E-state index contributed by atoms with van der Waals surface area (Å²) in [6, 6.07) is 36.1. The van der Waals surface area contributed by atoms with E-state index in [-0.39, 0.29) is 6.61 Å². The van der Waals surface area contributed by atoms with Gasteiger partial charge in [-0.2, -0.15) is 5.21 Å². The van der Waals surface area contributed by atoms with Crippen LogP contribution in [0.5, 0.6) is 5.75 Å². The number of tetrazole rings is 1. The van der Waals surface area contributed by atoms with Gasteiger partial charge in [0, 0.05) is 16.7 Å². The molecule has 0 fully saturated rings. The normalized spacial score (nSPS) is 10.9. The Balaban J connectivity index is 1.41. The molecule has 6 aromatic rings. The summed E-state index contributed by atoms with van der Waals surface area (Å²) in [5.41, 5.74) is 5.65. The minimum atomic E-state index is 0.224. The highest BCUT2D eigenvalue weighted by Crippen LogP contribution is 2.39. The molecule has 0 atom stereocenters. The van der Waals surface area contributed by atoms with Crippen molar-refractivity contribution in [2.45, 2.75) is 6.61 Å². The second kappa shape index (κ2) is 9.68. The van der Waals surface area contributed by atoms with Crippen LogP contribution in [0.25, 0.3) is 45.2 Å². The first kappa shape index (κ1) is 21.5. The molecule has 1 N–H and O–H groups in total. The monoisotopic (exact) mass is 471 g/mol. The van der Waals surface area contributed by atoms with E-state index in [1.807, 2.05) is 103 Å². The maximum Gasteiger partial charge on any atom is 0.227 e. The zero-order valence-corrected chi connectivity index (χ0v) is 19.2. The van der Waals surface area contributed by atoms with Gasteiger partial charge in [-0.05, 0) is 29.3 Å². The van der Waals surface area contributed by atoms with Gasteiger partial charge in [0.2, 0.25) is 11.7 Å². The first-order valence-corrected chi connectivity index (χ1v) is 11.5. The van der Waals surface area contributed by atoms with Gasteiger partial charge < -0.3 is 9.15 Å². The number of aromatic nitrogens is 5. The van der Waals surface area contributed by atoms with Gasteiger partial charge in [0.05, 0.1) is 0 Å². The molecular weight excluding hydrogens is 450 g/mol. The molecule has 0 aliphatic rings. The highest BCUT2D eigenvalue weighted by Gasteiger charge is 2.20. The van der Waals surface area contributed by atoms with Gasteiger partial charge in [-0.15, -0.1) is 10.2 Å². The van der Waals surface area contributed by atoms with Crippen molar-refractivity contribution in [3.05, 3.63) is 115 Å². The van der Waals surface area contributed by atoms with E-state index in [1.54, 1.807) is 0 Å². The van der Waals surface area contributed by atoms with Crippen molar-refractivity contribution in [1.82, 2.24) is 25.6 Å². The molecule has 7 nitrogen and oxygen atoms in total. The van der Waals surface area contributed by atoms with Gasteiger partial charge >= 0.3 is 0 Å². The fourth-order valence-corrected chi connectivity index (χ4v) is 4.08. The molecule has 0 amide bonds. The number of rotatable bonds is 7. The van der Waals surface area contributed by atoms with E-state index in [9.17, 15) is 0 Å². The first-order valence-electron chi connectivity index (χ1n) is 11.5. The first-order chi connectivity index (χ1) is 17.8. The zero-order valence-electron chi connectivity index (χ0n) is 19.2. The Kier molecular flexibility index (Phi) is 5.78. The van der Waals surface area contributed by atoms with Crippen molar-refractivity contribution in [1.29, 1.82) is 0 Å². The van der Waals surface area contributed by atoms with Crippen LogP contribution < -0.4 is 4.74 Å². The molecule has 0 radical (unpaired) electrons. The highest BCUT2D eigenvalue weighted by atomic mass is 16.5. The summed E-state index contributed by atoms with van der Waals surface area (Å²) >= 11 is 0. The average molecular weight is 472 g/mol. The van der Waals surface area contributed by atoms with Crippen molar-refractivity contribution < 1.29 is 9.15 Å². The number of benzene rings is 4. The van der Waals surface area contributed by atoms with Crippen LogP contribution in [-0.2, 0) is 6.61 Å². The molecule has 0 bridgehead atoms. The fourth-order valence-electron chi connectivity index (χ4n) is 4.08. The SMILES string of the molecule is c1ccc(-c2nc(-c3ccccc3-c3cccc(OCc4nn[nH]n4)c3)oc2-c2ccccc2)cc1. The minimum Gasteiger partial charge on any atom is -0.485 e. The van der Waals surface area contributed by atoms with Crippen molar-refractivity contribution in [3.63, 3.8) is 0 Å². The van der Waals surface area contributed by atoms with Crippen molar-refractivity contribution in [3.8, 4) is 50.9 Å². The van der Waals surface area contributed by atoms with Crippen LogP contribution in [0.2, 0.25) is 0 Å². The van der Waals surface area contributed by atoms with Gasteiger partial charge in [0.25, 0.3) is 0 Å². The Morgan fingerprint density at radius 3 is 2.14 bits per heavy atom. The number of ether oxygens (including phenoxy) is 1. The Morgan fingerprint density at radius 1 is 0.694 bits per heavy atom. The van der Waals surface area contributed by atoms with Crippen LogP contribution in [-0.4, -0.2) is 25.6 Å². The lowest BCUT2D eigenvalue weighted by Crippen LogP contribution is -1.98. The topological polar surface area (TPSA) is 89.7 Å². The number of oxazole rings is 1. The summed E-state index contributed by atoms with van der Waals surface area (Å²) in [5.74, 6) is 2.49. The molecule has 2 aromatic heterocycles. The zero-order chi connectivity index (χ0) is 24.2. The van der Waals surface area contributed by atoms with Crippen LogP contribution in [0.4, 0.5) is 0 Å². The number of hydrogen-bond donors (Lipinski definition) is 1. The molecule has 0 saturated carbocycles. The summed E-state index contributed by atoms with van der Waals surface area (Å²) < 4.78 is 12.3. The van der Waals surface area contributed by atoms with Crippen molar-refractivity contribution in [2.24, 2.45) is 0 Å². The Labute approximate surface area is 207 Å². The van der Waals surface area contributed by atoms with Crippen LogP contribution in [0.1, 0.15) is 5.82 Å². The van der Waals surface area contributed by atoms with Crippen LogP contribution in [0, 0.1) is 0 Å². The Morgan fingerprint density at radius 2 is 1.39 bits per heavy atom. The molecular formula is C29H21N5O2. The summed E-state index contributed by atoms with van der Waals surface area (Å²) in [6.07, 6.45) is 0. The van der Waals surface area contributed by atoms with E-state index in [0.29, 0.717) is 17.5 Å². The van der Waals surface area contributed by atoms with Gasteiger partial charge in [0.1, 0.15) is 11.4 Å². The van der Waals surface area contributed by atoms with E-state index >= 15 is 0 Å². The van der Waals surface area contributed by atoms with E-state index in [1.165, 1.54) is 0 Å². The molecule has 174 valence electrons. The third kappa shape index (κ3) is 4.37. The second-order valence-corrected chi connectivity index (χ2v) is 8.12. The van der Waals surface area contributed by atoms with Crippen LogP contribution in [0.3, 0.4) is 0 Å². The second-order valence-electron chi connectivity index (χ2n) is 8.12. The maximum absolute atomic E-state index is 6.46. The van der Waals surface area contributed by atoms with E-state index in [0.717, 1.165) is 39.3 Å². The Bertz CT molecular complexity index is 1520. The number of aromatic amines is 1. The molecule has 6 rings (SSSR count). The molecule has 0 unspecified atom stereocenters. The molecule has 0 aliphatic heterocycles. The van der Waals surface area contributed by atoms with Crippen LogP contribution in [0.15, 0.2) is 114 Å². The van der Waals surface area contributed by atoms with Gasteiger partial charge in [-0.1, -0.05) is 96.2 Å². The quantitative estimate of drug-likeness (QED) is 0.288. The van der Waals surface area contributed by atoms with Crippen molar-refractivity contribution >= 4 is 0 Å². The lowest BCUT2D eigenvalue weighted by molar-refractivity contribution is 0.296. The predicted molar refractivity (Wildman–Crippen MR) is 137 cm³/mol. The molecule has 0 spiro atoms. The Hall–Kier alpha value is -5.04. The standard InChI is InChI=1S/C29H21N5O2/c1-3-10-20(11-4-1)27-28(21-12-5-2-6-13-21)36-29(30-27)25-17-8-7-16-24(25)22-14-9-15-23(18-22)35-19-26-31-33-34-32-26/h1-18H,19H2,(H,31,32,33,34). The third-order valence-corrected chi connectivity index (χ3v) is 5.77.